The van der Waals surface area contributed by atoms with Crippen molar-refractivity contribution in [1.82, 2.24) is 4.90 Å². The van der Waals surface area contributed by atoms with Crippen LogP contribution < -0.4 is 0 Å². The van der Waals surface area contributed by atoms with Crippen LogP contribution in [0.5, 0.6) is 0 Å². The van der Waals surface area contributed by atoms with E-state index in [1.54, 1.807) is 0 Å². The minimum absolute atomic E-state index is 0.346. The molecule has 0 spiro atoms. The van der Waals surface area contributed by atoms with Gasteiger partial charge in [0.2, 0.25) is 0 Å². The van der Waals surface area contributed by atoms with Crippen molar-refractivity contribution in [2.75, 3.05) is 19.6 Å². The summed E-state index contributed by atoms with van der Waals surface area (Å²) in [5.74, 6) is 0. The molecular formula is C10H17ClN2. The molecule has 74 valence electrons. The predicted octanol–water partition coefficient (Wildman–Crippen LogP) is 2.24. The van der Waals surface area contributed by atoms with Crippen molar-refractivity contribution in [1.29, 1.82) is 5.26 Å². The van der Waals surface area contributed by atoms with Gasteiger partial charge >= 0.3 is 0 Å². The Bertz CT molecular complexity index is 197. The van der Waals surface area contributed by atoms with Gasteiger partial charge < -0.3 is 4.90 Å². The van der Waals surface area contributed by atoms with Gasteiger partial charge in [-0.25, -0.2) is 0 Å². The number of alkyl halides is 1. The molecule has 0 bridgehead atoms. The van der Waals surface area contributed by atoms with Crippen molar-refractivity contribution >= 4 is 11.6 Å². The maximum absolute atomic E-state index is 8.56. The van der Waals surface area contributed by atoms with Crippen LogP contribution >= 0.6 is 11.6 Å². The highest BCUT2D eigenvalue weighted by molar-refractivity contribution is 6.22. The zero-order valence-electron chi connectivity index (χ0n) is 8.39. The van der Waals surface area contributed by atoms with E-state index in [9.17, 15) is 0 Å². The second-order valence-electron chi connectivity index (χ2n) is 4.56. The summed E-state index contributed by atoms with van der Waals surface area (Å²) < 4.78 is 0. The molecule has 1 aliphatic heterocycles. The molecule has 0 aromatic carbocycles. The molecule has 13 heavy (non-hydrogen) atoms. The van der Waals surface area contributed by atoms with Crippen molar-refractivity contribution in [3.8, 4) is 6.07 Å². The van der Waals surface area contributed by atoms with E-state index >= 15 is 0 Å². The van der Waals surface area contributed by atoms with Gasteiger partial charge in [-0.2, -0.15) is 5.26 Å². The van der Waals surface area contributed by atoms with E-state index in [4.69, 9.17) is 16.9 Å². The van der Waals surface area contributed by atoms with Crippen LogP contribution in [0.15, 0.2) is 0 Å². The Morgan fingerprint density at radius 2 is 2.00 bits per heavy atom. The lowest BCUT2D eigenvalue weighted by atomic mass is 9.83. The van der Waals surface area contributed by atoms with Crippen molar-refractivity contribution in [3.05, 3.63) is 0 Å². The molecule has 1 atom stereocenters. The van der Waals surface area contributed by atoms with Gasteiger partial charge in [0.05, 0.1) is 6.07 Å². The van der Waals surface area contributed by atoms with Crippen molar-refractivity contribution < 1.29 is 0 Å². The molecular weight excluding hydrogens is 184 g/mol. The summed E-state index contributed by atoms with van der Waals surface area (Å²) in [6.45, 7) is 7.48. The van der Waals surface area contributed by atoms with Crippen LogP contribution in [0.4, 0.5) is 0 Å². The first-order valence-corrected chi connectivity index (χ1v) is 5.23. The zero-order chi connectivity index (χ0) is 9.90. The zero-order valence-corrected chi connectivity index (χ0v) is 9.14. The normalized spacial score (nSPS) is 25.1. The molecule has 0 saturated carbocycles. The van der Waals surface area contributed by atoms with Crippen LogP contribution in [0.2, 0.25) is 0 Å². The molecule has 0 amide bonds. The minimum Gasteiger partial charge on any atom is -0.301 e. The lowest BCUT2D eigenvalue weighted by molar-refractivity contribution is 0.135. The van der Waals surface area contributed by atoms with Crippen LogP contribution in [0.25, 0.3) is 0 Å². The van der Waals surface area contributed by atoms with Gasteiger partial charge in [0.1, 0.15) is 5.38 Å². The lowest BCUT2D eigenvalue weighted by Gasteiger charge is -2.36. The van der Waals surface area contributed by atoms with Crippen molar-refractivity contribution in [2.45, 2.75) is 32.1 Å². The van der Waals surface area contributed by atoms with E-state index in [-0.39, 0.29) is 5.38 Å². The fourth-order valence-corrected chi connectivity index (χ4v) is 1.80. The molecule has 0 aliphatic carbocycles. The quantitative estimate of drug-likeness (QED) is 0.640. The number of likely N-dealkylation sites (tertiary alicyclic amines) is 1. The first kappa shape index (κ1) is 10.8. The third-order valence-electron chi connectivity index (χ3n) is 2.77. The van der Waals surface area contributed by atoms with Crippen LogP contribution in [-0.2, 0) is 0 Å². The number of nitriles is 1. The average Bonchev–Trinajstić information content (AvgIpc) is 2.08. The SMILES string of the molecule is CC1(C)CCN(CC(Cl)C#N)CC1. The lowest BCUT2D eigenvalue weighted by Crippen LogP contribution is -2.39. The number of rotatable bonds is 2. The third kappa shape index (κ3) is 3.54. The van der Waals surface area contributed by atoms with Gasteiger partial charge in [-0.15, -0.1) is 11.6 Å². The summed E-state index contributed by atoms with van der Waals surface area (Å²) in [7, 11) is 0. The molecule has 1 heterocycles. The molecule has 1 saturated heterocycles. The van der Waals surface area contributed by atoms with E-state index in [1.165, 1.54) is 12.8 Å². The Morgan fingerprint density at radius 1 is 1.46 bits per heavy atom. The monoisotopic (exact) mass is 200 g/mol. The van der Waals surface area contributed by atoms with Gasteiger partial charge in [-0.1, -0.05) is 13.8 Å². The second-order valence-corrected chi connectivity index (χ2v) is 5.09. The van der Waals surface area contributed by atoms with Crippen LogP contribution in [-0.4, -0.2) is 29.9 Å². The first-order chi connectivity index (χ1) is 6.03. The van der Waals surface area contributed by atoms with Crippen molar-refractivity contribution in [2.24, 2.45) is 5.41 Å². The molecule has 1 fully saturated rings. The minimum atomic E-state index is -0.346. The number of nitrogens with zero attached hydrogens (tertiary/aromatic N) is 2. The van der Waals surface area contributed by atoms with E-state index in [0.717, 1.165) is 13.1 Å². The molecule has 1 unspecified atom stereocenters. The molecule has 0 N–H and O–H groups in total. The molecule has 1 rings (SSSR count). The van der Waals surface area contributed by atoms with E-state index in [1.807, 2.05) is 0 Å². The van der Waals surface area contributed by atoms with Crippen LogP contribution in [0, 0.1) is 16.7 Å². The summed E-state index contributed by atoms with van der Waals surface area (Å²) in [4.78, 5) is 2.28. The highest BCUT2D eigenvalue weighted by Gasteiger charge is 2.25. The van der Waals surface area contributed by atoms with E-state index < -0.39 is 0 Å². The van der Waals surface area contributed by atoms with Gasteiger partial charge in [-0.05, 0) is 31.3 Å². The molecule has 3 heteroatoms. The third-order valence-corrected chi connectivity index (χ3v) is 3.00. The first-order valence-electron chi connectivity index (χ1n) is 4.79. The average molecular weight is 201 g/mol. The Kier molecular flexibility index (Phi) is 3.58. The fraction of sp³-hybridized carbons (Fsp3) is 0.900. The molecule has 2 nitrogen and oxygen atoms in total. The van der Waals surface area contributed by atoms with Crippen LogP contribution in [0.3, 0.4) is 0 Å². The molecule has 1 aliphatic rings. The molecule has 0 aromatic heterocycles. The smallest absolute Gasteiger partial charge is 0.133 e. The van der Waals surface area contributed by atoms with Gasteiger partial charge in [0, 0.05) is 6.54 Å². The Labute approximate surface area is 85.5 Å². The number of hydrogen-bond acceptors (Lipinski definition) is 2. The Hall–Kier alpha value is -0.260. The summed E-state index contributed by atoms with van der Waals surface area (Å²) >= 11 is 5.77. The van der Waals surface area contributed by atoms with E-state index in [2.05, 4.69) is 24.8 Å². The molecule has 0 aromatic rings. The summed E-state index contributed by atoms with van der Waals surface area (Å²) in [5, 5.41) is 8.21. The number of hydrogen-bond donors (Lipinski definition) is 0. The largest absolute Gasteiger partial charge is 0.301 e. The Balaban J connectivity index is 2.30. The van der Waals surface area contributed by atoms with Crippen LogP contribution in [0.1, 0.15) is 26.7 Å². The van der Waals surface area contributed by atoms with Crippen molar-refractivity contribution in [3.63, 3.8) is 0 Å². The highest BCUT2D eigenvalue weighted by Crippen LogP contribution is 2.29. The predicted molar refractivity (Wildman–Crippen MR) is 54.7 cm³/mol. The topological polar surface area (TPSA) is 27.0 Å². The number of piperidine rings is 1. The fourth-order valence-electron chi connectivity index (χ4n) is 1.61. The summed E-state index contributed by atoms with van der Waals surface area (Å²) in [5.41, 5.74) is 0.477. The Morgan fingerprint density at radius 3 is 2.46 bits per heavy atom. The maximum Gasteiger partial charge on any atom is 0.133 e. The van der Waals surface area contributed by atoms with Gasteiger partial charge in [0.25, 0.3) is 0 Å². The van der Waals surface area contributed by atoms with E-state index in [0.29, 0.717) is 12.0 Å². The number of halogens is 1. The summed E-state index contributed by atoms with van der Waals surface area (Å²) in [6.07, 6.45) is 2.42. The highest BCUT2D eigenvalue weighted by atomic mass is 35.5. The van der Waals surface area contributed by atoms with Gasteiger partial charge in [-0.3, -0.25) is 0 Å². The molecule has 0 radical (unpaired) electrons. The standard InChI is InChI=1S/C10H17ClN2/c1-10(2)3-5-13(6-4-10)8-9(11)7-12/h9H,3-6,8H2,1-2H3. The van der Waals surface area contributed by atoms with Gasteiger partial charge in [0.15, 0.2) is 0 Å². The summed E-state index contributed by atoms with van der Waals surface area (Å²) in [6, 6.07) is 2.06. The maximum atomic E-state index is 8.56. The second kappa shape index (κ2) is 4.30.